The lowest BCUT2D eigenvalue weighted by Gasteiger charge is -2.36. The lowest BCUT2D eigenvalue weighted by Crippen LogP contribution is -2.44. The number of hydrazine groups is 1. The van der Waals surface area contributed by atoms with Gasteiger partial charge in [-0.1, -0.05) is 0 Å². The van der Waals surface area contributed by atoms with E-state index in [4.69, 9.17) is 10.6 Å². The van der Waals surface area contributed by atoms with Gasteiger partial charge in [0.2, 0.25) is 0 Å². The zero-order valence-electron chi connectivity index (χ0n) is 11.8. The molecule has 1 atom stereocenters. The summed E-state index contributed by atoms with van der Waals surface area (Å²) in [5, 5.41) is 0. The highest BCUT2D eigenvalue weighted by Crippen LogP contribution is 2.41. The predicted molar refractivity (Wildman–Crippen MR) is 70.8 cm³/mol. The summed E-state index contributed by atoms with van der Waals surface area (Å²) < 4.78 is 43.3. The minimum atomic E-state index is -4.03. The van der Waals surface area contributed by atoms with Crippen LogP contribution in [0.2, 0.25) is 0 Å². The lowest BCUT2D eigenvalue weighted by molar-refractivity contribution is -0.184. The van der Waals surface area contributed by atoms with E-state index in [1.807, 2.05) is 0 Å². The molecule has 0 bridgehead atoms. The highest BCUT2D eigenvalue weighted by Gasteiger charge is 2.42. The van der Waals surface area contributed by atoms with E-state index in [0.717, 1.165) is 32.5 Å². The third kappa shape index (κ3) is 4.33. The first kappa shape index (κ1) is 16.0. The molecule has 2 aliphatic rings. The zero-order chi connectivity index (χ0) is 14.6. The molecule has 0 radical (unpaired) electrons. The molecule has 0 aromatic rings. The van der Waals surface area contributed by atoms with Gasteiger partial charge in [-0.25, -0.2) is 0 Å². The minimum absolute atomic E-state index is 0.146. The van der Waals surface area contributed by atoms with E-state index in [1.165, 1.54) is 0 Å². The number of nitrogens with two attached hydrogens (primary N) is 1. The van der Waals surface area contributed by atoms with Crippen molar-refractivity contribution in [3.05, 3.63) is 0 Å². The third-order valence-corrected chi connectivity index (χ3v) is 4.95. The molecule has 0 amide bonds. The summed E-state index contributed by atoms with van der Waals surface area (Å²) in [6, 6.07) is 0.146. The Morgan fingerprint density at radius 3 is 2.15 bits per heavy atom. The van der Waals surface area contributed by atoms with E-state index >= 15 is 0 Å². The Labute approximate surface area is 118 Å². The van der Waals surface area contributed by atoms with Gasteiger partial charge in [-0.2, -0.15) is 13.2 Å². The number of nitrogens with one attached hydrogen (secondary N) is 1. The van der Waals surface area contributed by atoms with Gasteiger partial charge < -0.3 is 4.74 Å². The van der Waals surface area contributed by atoms with Gasteiger partial charge in [-0.15, -0.1) is 0 Å². The Hall–Kier alpha value is -0.330. The maximum atomic E-state index is 12.7. The summed E-state index contributed by atoms with van der Waals surface area (Å²) in [5.41, 5.74) is 2.85. The molecule has 0 aromatic carbocycles. The fourth-order valence-electron chi connectivity index (χ4n) is 3.59. The zero-order valence-corrected chi connectivity index (χ0v) is 11.8. The molecule has 3 nitrogen and oxygen atoms in total. The minimum Gasteiger partial charge on any atom is -0.381 e. The molecule has 3 N–H and O–H groups in total. The SMILES string of the molecule is NNC(CC1CCOCC1)C1CCC(C(F)(F)F)CC1. The van der Waals surface area contributed by atoms with Gasteiger partial charge in [0.25, 0.3) is 0 Å². The maximum Gasteiger partial charge on any atom is 0.391 e. The molecule has 118 valence electrons. The van der Waals surface area contributed by atoms with E-state index < -0.39 is 12.1 Å². The number of hydrogen-bond donors (Lipinski definition) is 2. The second-order valence-electron chi connectivity index (χ2n) is 6.22. The van der Waals surface area contributed by atoms with E-state index in [1.54, 1.807) is 0 Å². The number of ether oxygens (including phenoxy) is 1. The molecule has 20 heavy (non-hydrogen) atoms. The molecule has 1 saturated carbocycles. The van der Waals surface area contributed by atoms with Crippen LogP contribution in [0.15, 0.2) is 0 Å². The van der Waals surface area contributed by atoms with Crippen LogP contribution in [0.3, 0.4) is 0 Å². The number of rotatable bonds is 4. The van der Waals surface area contributed by atoms with Crippen molar-refractivity contribution in [3.8, 4) is 0 Å². The normalized spacial score (nSPS) is 31.2. The van der Waals surface area contributed by atoms with Crippen LogP contribution in [-0.4, -0.2) is 25.4 Å². The van der Waals surface area contributed by atoms with Gasteiger partial charge in [0.05, 0.1) is 5.92 Å². The van der Waals surface area contributed by atoms with E-state index in [0.29, 0.717) is 18.8 Å². The molecule has 1 saturated heterocycles. The Kier molecular flexibility index (Phi) is 5.69. The molecular formula is C14H25F3N2O. The van der Waals surface area contributed by atoms with Crippen molar-refractivity contribution in [2.75, 3.05) is 13.2 Å². The third-order valence-electron chi connectivity index (χ3n) is 4.95. The molecule has 1 aliphatic carbocycles. The van der Waals surface area contributed by atoms with Crippen molar-refractivity contribution in [3.63, 3.8) is 0 Å². The van der Waals surface area contributed by atoms with Gasteiger partial charge in [-0.05, 0) is 56.8 Å². The maximum absolute atomic E-state index is 12.7. The predicted octanol–water partition coefficient (Wildman–Crippen LogP) is 3.00. The van der Waals surface area contributed by atoms with Crippen LogP contribution in [0.1, 0.15) is 44.9 Å². The molecule has 2 fully saturated rings. The average molecular weight is 294 g/mol. The topological polar surface area (TPSA) is 47.3 Å². The molecule has 1 heterocycles. The van der Waals surface area contributed by atoms with Gasteiger partial charge >= 0.3 is 6.18 Å². The molecule has 0 aromatic heterocycles. The van der Waals surface area contributed by atoms with Crippen LogP contribution in [-0.2, 0) is 4.74 Å². The Morgan fingerprint density at radius 1 is 1.05 bits per heavy atom. The standard InChI is InChI=1S/C14H25F3N2O/c15-14(16,17)12-3-1-11(2-4-12)13(19-18)9-10-5-7-20-8-6-10/h10-13,19H,1-9,18H2. The molecule has 0 spiro atoms. The van der Waals surface area contributed by atoms with Gasteiger partial charge in [0, 0.05) is 19.3 Å². The van der Waals surface area contributed by atoms with Crippen molar-refractivity contribution in [2.45, 2.75) is 57.2 Å². The monoisotopic (exact) mass is 294 g/mol. The second-order valence-corrected chi connectivity index (χ2v) is 6.22. The number of halogens is 3. The summed E-state index contributed by atoms with van der Waals surface area (Å²) in [6.07, 6.45) is 0.759. The van der Waals surface area contributed by atoms with Crippen LogP contribution in [0.4, 0.5) is 13.2 Å². The summed E-state index contributed by atoms with van der Waals surface area (Å²) in [4.78, 5) is 0. The summed E-state index contributed by atoms with van der Waals surface area (Å²) in [5.74, 6) is 5.39. The fraction of sp³-hybridized carbons (Fsp3) is 1.00. The highest BCUT2D eigenvalue weighted by molar-refractivity contribution is 4.85. The van der Waals surface area contributed by atoms with Crippen LogP contribution in [0, 0.1) is 17.8 Å². The Balaban J connectivity index is 1.80. The van der Waals surface area contributed by atoms with Crippen molar-refractivity contribution in [1.82, 2.24) is 5.43 Å². The van der Waals surface area contributed by atoms with E-state index in [2.05, 4.69) is 5.43 Å². The highest BCUT2D eigenvalue weighted by atomic mass is 19.4. The van der Waals surface area contributed by atoms with E-state index in [9.17, 15) is 13.2 Å². The van der Waals surface area contributed by atoms with Gasteiger partial charge in [0.15, 0.2) is 0 Å². The van der Waals surface area contributed by atoms with Crippen molar-refractivity contribution >= 4 is 0 Å². The molecular weight excluding hydrogens is 269 g/mol. The first-order valence-corrected chi connectivity index (χ1v) is 7.61. The molecule has 1 unspecified atom stereocenters. The van der Waals surface area contributed by atoms with Gasteiger partial charge in [-0.3, -0.25) is 11.3 Å². The van der Waals surface area contributed by atoms with Gasteiger partial charge in [0.1, 0.15) is 0 Å². The van der Waals surface area contributed by atoms with Crippen molar-refractivity contribution in [2.24, 2.45) is 23.6 Å². The first-order valence-electron chi connectivity index (χ1n) is 7.61. The number of alkyl halides is 3. The lowest BCUT2D eigenvalue weighted by atomic mass is 9.75. The second kappa shape index (κ2) is 7.09. The average Bonchev–Trinajstić information content (AvgIpc) is 2.45. The van der Waals surface area contributed by atoms with Crippen LogP contribution in [0.5, 0.6) is 0 Å². The molecule has 6 heteroatoms. The number of hydrogen-bond acceptors (Lipinski definition) is 3. The molecule has 1 aliphatic heterocycles. The summed E-state index contributed by atoms with van der Waals surface area (Å²) in [7, 11) is 0. The van der Waals surface area contributed by atoms with Crippen molar-refractivity contribution < 1.29 is 17.9 Å². The summed E-state index contributed by atoms with van der Waals surface area (Å²) in [6.45, 7) is 1.59. The molecule has 2 rings (SSSR count). The van der Waals surface area contributed by atoms with Crippen LogP contribution in [0.25, 0.3) is 0 Å². The Bertz CT molecular complexity index is 285. The van der Waals surface area contributed by atoms with E-state index in [-0.39, 0.29) is 24.8 Å². The summed E-state index contributed by atoms with van der Waals surface area (Å²) >= 11 is 0. The van der Waals surface area contributed by atoms with Crippen LogP contribution < -0.4 is 11.3 Å². The smallest absolute Gasteiger partial charge is 0.381 e. The van der Waals surface area contributed by atoms with Crippen molar-refractivity contribution in [1.29, 1.82) is 0 Å². The first-order chi connectivity index (χ1) is 9.50. The van der Waals surface area contributed by atoms with Crippen LogP contribution >= 0.6 is 0 Å². The fourth-order valence-corrected chi connectivity index (χ4v) is 3.59. The quantitative estimate of drug-likeness (QED) is 0.619. The Morgan fingerprint density at radius 2 is 1.65 bits per heavy atom. The largest absolute Gasteiger partial charge is 0.391 e.